The van der Waals surface area contributed by atoms with E-state index in [1.807, 2.05) is 32.2 Å². The summed E-state index contributed by atoms with van der Waals surface area (Å²) in [7, 11) is 0.405. The lowest BCUT2D eigenvalue weighted by Gasteiger charge is -2.37. The van der Waals surface area contributed by atoms with Crippen LogP contribution in [0.1, 0.15) is 27.7 Å². The lowest BCUT2D eigenvalue weighted by molar-refractivity contribution is -0.0893. The van der Waals surface area contributed by atoms with Gasteiger partial charge in [-0.2, -0.15) is 5.10 Å². The Labute approximate surface area is 119 Å². The molecule has 2 heterocycles. The van der Waals surface area contributed by atoms with E-state index in [1.54, 1.807) is 37.1 Å². The minimum absolute atomic E-state index is 0.405. The summed E-state index contributed by atoms with van der Waals surface area (Å²) in [6, 6.07) is 3.77. The van der Waals surface area contributed by atoms with Crippen LogP contribution in [-0.2, 0) is 4.65 Å². The predicted molar refractivity (Wildman–Crippen MR) is 79.6 cm³/mol. The highest BCUT2D eigenvalue weighted by atomic mass is 16.5. The summed E-state index contributed by atoms with van der Waals surface area (Å²) in [6.07, 6.45) is 7.13. The average molecular weight is 273 g/mol. The standard InChI is InChI=1S/C14H20BN3O2/c1-13(2,19)14(3,4)20-15-11-9-17-18(10-11)12-5-7-16-8-6-12/h5-10,15,19H,1-4H3. The number of aromatic nitrogens is 3. The fraction of sp³-hybridized carbons (Fsp3) is 0.429. The van der Waals surface area contributed by atoms with Crippen LogP contribution in [0.4, 0.5) is 0 Å². The Kier molecular flexibility index (Phi) is 3.97. The topological polar surface area (TPSA) is 60.2 Å². The largest absolute Gasteiger partial charge is 0.427 e. The minimum Gasteiger partial charge on any atom is -0.427 e. The molecule has 2 aromatic heterocycles. The van der Waals surface area contributed by atoms with Gasteiger partial charge in [-0.15, -0.1) is 0 Å². The second-order valence-electron chi connectivity index (χ2n) is 5.86. The second kappa shape index (κ2) is 5.38. The van der Waals surface area contributed by atoms with Crippen molar-refractivity contribution < 1.29 is 9.76 Å². The van der Waals surface area contributed by atoms with Crippen LogP contribution in [0.3, 0.4) is 0 Å². The summed E-state index contributed by atoms with van der Waals surface area (Å²) in [5, 5.41) is 14.3. The maximum Gasteiger partial charge on any atom is 0.312 e. The molecule has 2 rings (SSSR count). The van der Waals surface area contributed by atoms with Crippen LogP contribution in [0.15, 0.2) is 36.9 Å². The van der Waals surface area contributed by atoms with Crippen molar-refractivity contribution in [1.82, 2.24) is 14.8 Å². The Hall–Kier alpha value is -1.66. The first-order valence-electron chi connectivity index (χ1n) is 6.60. The Morgan fingerprint density at radius 3 is 2.45 bits per heavy atom. The molecule has 5 nitrogen and oxygen atoms in total. The van der Waals surface area contributed by atoms with Gasteiger partial charge in [-0.1, -0.05) is 0 Å². The van der Waals surface area contributed by atoms with Crippen molar-refractivity contribution in [3.63, 3.8) is 0 Å². The highest BCUT2D eigenvalue weighted by Crippen LogP contribution is 2.24. The van der Waals surface area contributed by atoms with E-state index < -0.39 is 11.2 Å². The molecule has 0 bridgehead atoms. The van der Waals surface area contributed by atoms with Crippen LogP contribution in [-0.4, -0.2) is 38.6 Å². The van der Waals surface area contributed by atoms with Gasteiger partial charge in [0.1, 0.15) is 0 Å². The van der Waals surface area contributed by atoms with Crippen molar-refractivity contribution >= 4 is 12.9 Å². The summed E-state index contributed by atoms with van der Waals surface area (Å²) >= 11 is 0. The van der Waals surface area contributed by atoms with Gasteiger partial charge in [-0.25, -0.2) is 4.68 Å². The normalized spacial score (nSPS) is 12.4. The number of aliphatic hydroxyl groups is 1. The molecule has 0 aliphatic carbocycles. The number of hydrogen-bond donors (Lipinski definition) is 1. The number of nitrogens with zero attached hydrogens (tertiary/aromatic N) is 3. The molecule has 20 heavy (non-hydrogen) atoms. The molecule has 1 N–H and O–H groups in total. The van der Waals surface area contributed by atoms with Crippen LogP contribution < -0.4 is 5.46 Å². The van der Waals surface area contributed by atoms with E-state index in [1.165, 1.54) is 0 Å². The first kappa shape index (κ1) is 14.7. The van der Waals surface area contributed by atoms with Gasteiger partial charge in [0, 0.05) is 24.8 Å². The van der Waals surface area contributed by atoms with E-state index in [9.17, 15) is 5.11 Å². The van der Waals surface area contributed by atoms with Gasteiger partial charge in [-0.05, 0) is 45.3 Å². The molecule has 0 aliphatic heterocycles. The molecule has 0 fully saturated rings. The van der Waals surface area contributed by atoms with Crippen molar-refractivity contribution in [2.75, 3.05) is 0 Å². The quantitative estimate of drug-likeness (QED) is 0.819. The third kappa shape index (κ3) is 3.26. The van der Waals surface area contributed by atoms with E-state index in [4.69, 9.17) is 4.65 Å². The molecule has 0 amide bonds. The molecule has 6 heteroatoms. The third-order valence-corrected chi connectivity index (χ3v) is 3.64. The second-order valence-corrected chi connectivity index (χ2v) is 5.86. The summed E-state index contributed by atoms with van der Waals surface area (Å²) in [5.74, 6) is 0. The van der Waals surface area contributed by atoms with Gasteiger partial charge in [0.15, 0.2) is 0 Å². The van der Waals surface area contributed by atoms with E-state index in [0.717, 1.165) is 11.2 Å². The van der Waals surface area contributed by atoms with Crippen molar-refractivity contribution in [3.05, 3.63) is 36.9 Å². The summed E-state index contributed by atoms with van der Waals surface area (Å²) in [4.78, 5) is 3.98. The molecule has 0 aromatic carbocycles. The minimum atomic E-state index is -0.909. The Balaban J connectivity index is 2.04. The molecule has 2 aromatic rings. The molecular weight excluding hydrogens is 253 g/mol. The molecule has 0 saturated heterocycles. The fourth-order valence-corrected chi connectivity index (χ4v) is 1.51. The first-order valence-corrected chi connectivity index (χ1v) is 6.60. The van der Waals surface area contributed by atoms with E-state index >= 15 is 0 Å². The highest BCUT2D eigenvalue weighted by molar-refractivity contribution is 6.46. The van der Waals surface area contributed by atoms with Crippen LogP contribution in [0.5, 0.6) is 0 Å². The van der Waals surface area contributed by atoms with Gasteiger partial charge < -0.3 is 9.76 Å². The van der Waals surface area contributed by atoms with E-state index in [2.05, 4.69) is 10.1 Å². The zero-order valence-electron chi connectivity index (χ0n) is 12.4. The van der Waals surface area contributed by atoms with Crippen molar-refractivity contribution in [2.24, 2.45) is 0 Å². The zero-order chi connectivity index (χ0) is 14.8. The lowest BCUT2D eigenvalue weighted by Crippen LogP contribution is -2.49. The summed E-state index contributed by atoms with van der Waals surface area (Å²) in [6.45, 7) is 7.24. The first-order chi connectivity index (χ1) is 9.29. The molecule has 0 radical (unpaired) electrons. The Morgan fingerprint density at radius 2 is 1.85 bits per heavy atom. The predicted octanol–water partition coefficient (Wildman–Crippen LogP) is 0.810. The van der Waals surface area contributed by atoms with Gasteiger partial charge in [0.2, 0.25) is 0 Å². The van der Waals surface area contributed by atoms with E-state index in [0.29, 0.717) is 7.48 Å². The van der Waals surface area contributed by atoms with Gasteiger partial charge in [0.25, 0.3) is 0 Å². The van der Waals surface area contributed by atoms with E-state index in [-0.39, 0.29) is 0 Å². The molecule has 0 atom stereocenters. The SMILES string of the molecule is CC(C)(O)C(C)(C)OBc1cnn(-c2ccncc2)c1. The van der Waals surface area contributed by atoms with Gasteiger partial charge in [-0.3, -0.25) is 4.98 Å². The molecule has 0 aliphatic rings. The zero-order valence-corrected chi connectivity index (χ0v) is 12.4. The van der Waals surface area contributed by atoms with Crippen molar-refractivity contribution in [2.45, 2.75) is 38.9 Å². The van der Waals surface area contributed by atoms with Crippen LogP contribution in [0.2, 0.25) is 0 Å². The third-order valence-electron chi connectivity index (χ3n) is 3.64. The van der Waals surface area contributed by atoms with Crippen molar-refractivity contribution in [1.29, 1.82) is 0 Å². The Morgan fingerprint density at radius 1 is 1.20 bits per heavy atom. The number of pyridine rings is 1. The fourth-order valence-electron chi connectivity index (χ4n) is 1.51. The number of hydrogen-bond acceptors (Lipinski definition) is 4. The van der Waals surface area contributed by atoms with Crippen LogP contribution >= 0.6 is 0 Å². The molecule has 0 spiro atoms. The summed E-state index contributed by atoms with van der Waals surface area (Å²) in [5.41, 5.74) is 0.368. The molecule has 0 unspecified atom stereocenters. The maximum atomic E-state index is 10.1. The molecular formula is C14H20BN3O2. The van der Waals surface area contributed by atoms with Crippen molar-refractivity contribution in [3.8, 4) is 5.69 Å². The van der Waals surface area contributed by atoms with Crippen LogP contribution in [0, 0.1) is 0 Å². The smallest absolute Gasteiger partial charge is 0.312 e. The lowest BCUT2D eigenvalue weighted by atomic mass is 9.84. The van der Waals surface area contributed by atoms with Gasteiger partial charge in [0.05, 0.1) is 16.9 Å². The Bertz CT molecular complexity index is 561. The number of rotatable bonds is 5. The summed E-state index contributed by atoms with van der Waals surface area (Å²) < 4.78 is 7.59. The maximum absolute atomic E-state index is 10.1. The van der Waals surface area contributed by atoms with Crippen LogP contribution in [0.25, 0.3) is 5.69 Å². The molecule has 106 valence electrons. The monoisotopic (exact) mass is 273 g/mol. The average Bonchev–Trinajstić information content (AvgIpc) is 2.85. The highest BCUT2D eigenvalue weighted by Gasteiger charge is 2.35. The molecule has 0 saturated carbocycles. The van der Waals surface area contributed by atoms with Gasteiger partial charge >= 0.3 is 7.48 Å².